The van der Waals surface area contributed by atoms with E-state index >= 15 is 0 Å². The van der Waals surface area contributed by atoms with Gasteiger partial charge in [-0.25, -0.2) is 9.48 Å². The molecule has 2 heterocycles. The lowest BCUT2D eigenvalue weighted by Crippen LogP contribution is -2.48. The summed E-state index contributed by atoms with van der Waals surface area (Å²) >= 11 is 0. The quantitative estimate of drug-likeness (QED) is 0.859. The Morgan fingerprint density at radius 3 is 2.46 bits per heavy atom. The number of hydrogen-bond donors (Lipinski definition) is 2. The van der Waals surface area contributed by atoms with E-state index in [0.29, 0.717) is 0 Å². The molecule has 1 aromatic heterocycles. The number of hydrogen-bond acceptors (Lipinski definition) is 4. The van der Waals surface area contributed by atoms with Crippen molar-refractivity contribution < 1.29 is 9.53 Å². The third-order valence-electron chi connectivity index (χ3n) is 5.92. The summed E-state index contributed by atoms with van der Waals surface area (Å²) in [6, 6.07) is 2.25. The molecule has 1 aliphatic heterocycles. The fraction of sp³-hybridized carbons (Fsp3) is 0.737. The van der Waals surface area contributed by atoms with E-state index < -0.39 is 0 Å². The van der Waals surface area contributed by atoms with E-state index in [1.54, 1.807) is 10.7 Å². The van der Waals surface area contributed by atoms with E-state index in [2.05, 4.69) is 15.7 Å². The average molecular weight is 360 g/mol. The Morgan fingerprint density at radius 1 is 1.04 bits per heavy atom. The third-order valence-corrected chi connectivity index (χ3v) is 5.92. The molecule has 2 aliphatic carbocycles. The zero-order chi connectivity index (χ0) is 17.9. The van der Waals surface area contributed by atoms with Crippen LogP contribution in [0.15, 0.2) is 10.9 Å². The van der Waals surface area contributed by atoms with Crippen molar-refractivity contribution in [1.82, 2.24) is 20.4 Å². The molecule has 7 nitrogen and oxygen atoms in total. The highest BCUT2D eigenvalue weighted by atomic mass is 16.5. The van der Waals surface area contributed by atoms with Crippen molar-refractivity contribution in [3.63, 3.8) is 0 Å². The Balaban J connectivity index is 1.29. The molecular formula is C19H28N4O3. The van der Waals surface area contributed by atoms with Crippen molar-refractivity contribution in [1.29, 1.82) is 0 Å². The van der Waals surface area contributed by atoms with Gasteiger partial charge in [0.1, 0.15) is 0 Å². The number of amides is 2. The average Bonchev–Trinajstić information content (AvgIpc) is 3.10. The SMILES string of the molecule is O=C(NC1CCOCC1)NC1CCC(n2nc3c(cc2=O)CCC3)CC1. The van der Waals surface area contributed by atoms with Crippen LogP contribution in [0.4, 0.5) is 4.79 Å². The Labute approximate surface area is 153 Å². The van der Waals surface area contributed by atoms with E-state index in [9.17, 15) is 9.59 Å². The van der Waals surface area contributed by atoms with Crippen molar-refractivity contribution in [2.75, 3.05) is 13.2 Å². The van der Waals surface area contributed by atoms with Crippen LogP contribution >= 0.6 is 0 Å². The van der Waals surface area contributed by atoms with Crippen LogP contribution in [0.2, 0.25) is 0 Å². The van der Waals surface area contributed by atoms with Gasteiger partial charge in [-0.15, -0.1) is 0 Å². The van der Waals surface area contributed by atoms with Crippen LogP contribution in [-0.2, 0) is 17.6 Å². The van der Waals surface area contributed by atoms with Gasteiger partial charge in [-0.3, -0.25) is 4.79 Å². The van der Waals surface area contributed by atoms with Gasteiger partial charge in [0, 0.05) is 31.4 Å². The van der Waals surface area contributed by atoms with Crippen LogP contribution in [0.3, 0.4) is 0 Å². The highest BCUT2D eigenvalue weighted by molar-refractivity contribution is 5.74. The van der Waals surface area contributed by atoms with Gasteiger partial charge in [-0.05, 0) is 63.4 Å². The van der Waals surface area contributed by atoms with Gasteiger partial charge in [0.25, 0.3) is 5.56 Å². The minimum atomic E-state index is -0.0758. The van der Waals surface area contributed by atoms with Crippen molar-refractivity contribution in [2.24, 2.45) is 0 Å². The molecule has 1 saturated carbocycles. The van der Waals surface area contributed by atoms with E-state index in [4.69, 9.17) is 4.74 Å². The molecule has 2 amide bonds. The summed E-state index contributed by atoms with van der Waals surface area (Å²) in [6.07, 6.45) is 8.37. The van der Waals surface area contributed by atoms with E-state index in [1.807, 2.05) is 0 Å². The van der Waals surface area contributed by atoms with Crippen LogP contribution in [-0.4, -0.2) is 41.1 Å². The number of nitrogens with zero attached hydrogens (tertiary/aromatic N) is 2. The highest BCUT2D eigenvalue weighted by Gasteiger charge is 2.27. The second-order valence-corrected chi connectivity index (χ2v) is 7.76. The van der Waals surface area contributed by atoms with Gasteiger partial charge >= 0.3 is 6.03 Å². The Morgan fingerprint density at radius 2 is 1.73 bits per heavy atom. The molecule has 4 rings (SSSR count). The molecule has 2 N–H and O–H groups in total. The number of rotatable bonds is 3. The van der Waals surface area contributed by atoms with Crippen LogP contribution < -0.4 is 16.2 Å². The number of aryl methyl sites for hydroxylation is 2. The third kappa shape index (κ3) is 3.92. The molecule has 7 heteroatoms. The largest absolute Gasteiger partial charge is 0.381 e. The first-order valence-corrected chi connectivity index (χ1v) is 9.95. The highest BCUT2D eigenvalue weighted by Crippen LogP contribution is 2.28. The molecule has 0 unspecified atom stereocenters. The summed E-state index contributed by atoms with van der Waals surface area (Å²) in [4.78, 5) is 24.6. The van der Waals surface area contributed by atoms with Crippen molar-refractivity contribution >= 4 is 6.03 Å². The van der Waals surface area contributed by atoms with Gasteiger partial charge in [0.05, 0.1) is 11.7 Å². The lowest BCUT2D eigenvalue weighted by molar-refractivity contribution is 0.0798. The van der Waals surface area contributed by atoms with Gasteiger partial charge in [0.2, 0.25) is 0 Å². The van der Waals surface area contributed by atoms with Crippen LogP contribution in [0.25, 0.3) is 0 Å². The topological polar surface area (TPSA) is 85.2 Å². The van der Waals surface area contributed by atoms with Crippen molar-refractivity contribution in [3.8, 4) is 0 Å². The van der Waals surface area contributed by atoms with Gasteiger partial charge < -0.3 is 15.4 Å². The van der Waals surface area contributed by atoms with E-state index in [-0.39, 0.29) is 29.7 Å². The van der Waals surface area contributed by atoms with Gasteiger partial charge in [-0.2, -0.15) is 5.10 Å². The summed E-state index contributed by atoms with van der Waals surface area (Å²) in [5, 5.41) is 10.8. The summed E-state index contributed by atoms with van der Waals surface area (Å²) in [6.45, 7) is 1.44. The van der Waals surface area contributed by atoms with E-state index in [1.165, 1.54) is 0 Å². The standard InChI is InChI=1S/C19H28N4O3/c24-18-12-13-2-1-3-17(13)22-23(18)16-6-4-14(5-7-16)20-19(25)21-15-8-10-26-11-9-15/h12,14-16H,1-11H2,(H2,20,21,25). The molecule has 26 heavy (non-hydrogen) atoms. The summed E-state index contributed by atoms with van der Waals surface area (Å²) in [7, 11) is 0. The lowest BCUT2D eigenvalue weighted by Gasteiger charge is -2.30. The minimum Gasteiger partial charge on any atom is -0.381 e. The molecule has 3 aliphatic rings. The summed E-state index contributed by atoms with van der Waals surface area (Å²) < 4.78 is 7.01. The second kappa shape index (κ2) is 7.78. The number of aromatic nitrogens is 2. The first-order chi connectivity index (χ1) is 12.7. The normalized spacial score (nSPS) is 26.3. The Kier molecular flexibility index (Phi) is 5.24. The van der Waals surface area contributed by atoms with Crippen molar-refractivity contribution in [2.45, 2.75) is 75.9 Å². The molecule has 0 aromatic carbocycles. The first kappa shape index (κ1) is 17.5. The molecular weight excluding hydrogens is 332 g/mol. The molecule has 1 saturated heterocycles. The van der Waals surface area contributed by atoms with Crippen LogP contribution in [0, 0.1) is 0 Å². The number of nitrogens with one attached hydrogen (secondary N) is 2. The maximum absolute atomic E-state index is 12.4. The number of fused-ring (bicyclic) bond motifs is 1. The zero-order valence-electron chi connectivity index (χ0n) is 15.2. The predicted molar refractivity (Wildman–Crippen MR) is 97.3 cm³/mol. The molecule has 0 bridgehead atoms. The maximum atomic E-state index is 12.4. The fourth-order valence-electron chi connectivity index (χ4n) is 4.40. The number of carbonyl (C=O) groups is 1. The minimum absolute atomic E-state index is 0.0271. The molecule has 0 atom stereocenters. The van der Waals surface area contributed by atoms with Gasteiger partial charge in [0.15, 0.2) is 0 Å². The van der Waals surface area contributed by atoms with Gasteiger partial charge in [-0.1, -0.05) is 0 Å². The number of ether oxygens (including phenoxy) is 1. The Hall–Kier alpha value is -1.89. The molecule has 1 aromatic rings. The predicted octanol–water partition coefficient (Wildman–Crippen LogP) is 1.69. The second-order valence-electron chi connectivity index (χ2n) is 7.76. The molecule has 142 valence electrons. The van der Waals surface area contributed by atoms with Crippen LogP contribution in [0.5, 0.6) is 0 Å². The van der Waals surface area contributed by atoms with Crippen molar-refractivity contribution in [3.05, 3.63) is 27.7 Å². The molecule has 0 spiro atoms. The fourth-order valence-corrected chi connectivity index (χ4v) is 4.40. The zero-order valence-corrected chi connectivity index (χ0v) is 15.2. The van der Waals surface area contributed by atoms with Crippen LogP contribution in [0.1, 0.15) is 62.2 Å². The summed E-state index contributed by atoms with van der Waals surface area (Å²) in [5.74, 6) is 0. The molecule has 2 fully saturated rings. The maximum Gasteiger partial charge on any atom is 0.315 e. The first-order valence-electron chi connectivity index (χ1n) is 9.95. The number of urea groups is 1. The lowest BCUT2D eigenvalue weighted by atomic mass is 9.91. The molecule has 0 radical (unpaired) electrons. The monoisotopic (exact) mass is 360 g/mol. The van der Waals surface area contributed by atoms with E-state index in [0.717, 1.165) is 82.3 Å². The Bertz CT molecular complexity index is 703. The number of carbonyl (C=O) groups excluding carboxylic acids is 1. The smallest absolute Gasteiger partial charge is 0.315 e. The summed E-state index contributed by atoms with van der Waals surface area (Å²) in [5.41, 5.74) is 2.26.